The molecule has 178 valence electrons. The number of piperidine rings is 1. The molecule has 1 N–H and O–H groups in total. The van der Waals surface area contributed by atoms with Gasteiger partial charge in [-0.05, 0) is 36.1 Å². The summed E-state index contributed by atoms with van der Waals surface area (Å²) >= 11 is 0. The Kier molecular flexibility index (Phi) is 6.91. The predicted octanol–water partition coefficient (Wildman–Crippen LogP) is 4.62. The van der Waals surface area contributed by atoms with Crippen molar-refractivity contribution in [1.82, 2.24) is 10.2 Å². The van der Waals surface area contributed by atoms with Crippen LogP contribution in [0.25, 0.3) is 22.1 Å². The van der Waals surface area contributed by atoms with Crippen LogP contribution in [0.15, 0.2) is 94.3 Å². The van der Waals surface area contributed by atoms with E-state index in [-0.39, 0.29) is 24.0 Å². The van der Waals surface area contributed by atoms with Crippen LogP contribution in [0.3, 0.4) is 0 Å². The fraction of sp³-hybridized carbons (Fsp3) is 0.241. The molecule has 4 aromatic rings. The first kappa shape index (κ1) is 22.9. The Morgan fingerprint density at radius 2 is 1.69 bits per heavy atom. The van der Waals surface area contributed by atoms with Gasteiger partial charge in [-0.3, -0.25) is 14.5 Å². The van der Waals surface area contributed by atoms with Crippen molar-refractivity contribution in [2.24, 2.45) is 0 Å². The fourth-order valence-corrected chi connectivity index (χ4v) is 4.51. The fourth-order valence-electron chi connectivity index (χ4n) is 4.51. The number of ether oxygens (including phenoxy) is 1. The van der Waals surface area contributed by atoms with Crippen LogP contribution in [0.2, 0.25) is 0 Å². The molecule has 0 saturated carbocycles. The quantitative estimate of drug-likeness (QED) is 0.429. The monoisotopic (exact) mass is 468 g/mol. The Balaban J connectivity index is 1.13. The zero-order valence-corrected chi connectivity index (χ0v) is 19.5. The van der Waals surface area contributed by atoms with E-state index in [1.807, 2.05) is 36.4 Å². The van der Waals surface area contributed by atoms with E-state index in [2.05, 4.69) is 34.5 Å². The first-order valence-corrected chi connectivity index (χ1v) is 11.9. The third-order valence-electron chi connectivity index (χ3n) is 6.40. The van der Waals surface area contributed by atoms with Gasteiger partial charge in [0.2, 0.25) is 0 Å². The molecule has 2 heterocycles. The number of carbonyl (C=O) groups excluding carboxylic acids is 1. The molecule has 0 spiro atoms. The minimum atomic E-state index is -0.146. The molecule has 1 saturated heterocycles. The normalized spacial score (nSPS) is 14.6. The van der Waals surface area contributed by atoms with E-state index >= 15 is 0 Å². The number of fused-ring (bicyclic) bond motifs is 1. The highest BCUT2D eigenvalue weighted by atomic mass is 16.5. The summed E-state index contributed by atoms with van der Waals surface area (Å²) in [7, 11) is 0. The van der Waals surface area contributed by atoms with Crippen LogP contribution in [0.5, 0.6) is 5.75 Å². The summed E-state index contributed by atoms with van der Waals surface area (Å²) < 4.78 is 11.4. The van der Waals surface area contributed by atoms with Crippen LogP contribution in [-0.2, 0) is 11.3 Å². The molecule has 5 rings (SSSR count). The third-order valence-corrected chi connectivity index (χ3v) is 6.40. The Labute approximate surface area is 204 Å². The van der Waals surface area contributed by atoms with Crippen molar-refractivity contribution in [2.45, 2.75) is 25.4 Å². The minimum absolute atomic E-state index is 0.0813. The number of nitrogens with one attached hydrogen (secondary N) is 1. The molecule has 6 nitrogen and oxygen atoms in total. The van der Waals surface area contributed by atoms with E-state index in [0.717, 1.165) is 38.0 Å². The van der Waals surface area contributed by atoms with Gasteiger partial charge in [-0.25, -0.2) is 0 Å². The Bertz CT molecular complexity index is 1340. The summed E-state index contributed by atoms with van der Waals surface area (Å²) in [5.41, 5.74) is 2.97. The van der Waals surface area contributed by atoms with Crippen LogP contribution in [-0.4, -0.2) is 36.5 Å². The molecule has 35 heavy (non-hydrogen) atoms. The van der Waals surface area contributed by atoms with Gasteiger partial charge in [-0.15, -0.1) is 0 Å². The average Bonchev–Trinajstić information content (AvgIpc) is 2.90. The smallest absolute Gasteiger partial charge is 0.258 e. The number of carbonyl (C=O) groups is 1. The van der Waals surface area contributed by atoms with E-state index in [4.69, 9.17) is 9.15 Å². The topological polar surface area (TPSA) is 71.8 Å². The second kappa shape index (κ2) is 10.6. The van der Waals surface area contributed by atoms with Crippen molar-refractivity contribution in [3.05, 3.63) is 101 Å². The molecule has 1 aromatic heterocycles. The van der Waals surface area contributed by atoms with Gasteiger partial charge in [0, 0.05) is 31.7 Å². The van der Waals surface area contributed by atoms with Gasteiger partial charge in [0.15, 0.2) is 12.0 Å². The van der Waals surface area contributed by atoms with Crippen LogP contribution >= 0.6 is 0 Å². The molecule has 0 unspecified atom stereocenters. The van der Waals surface area contributed by atoms with Crippen molar-refractivity contribution in [1.29, 1.82) is 0 Å². The summed E-state index contributed by atoms with van der Waals surface area (Å²) in [6, 6.07) is 25.1. The highest BCUT2D eigenvalue weighted by Gasteiger charge is 2.21. The van der Waals surface area contributed by atoms with Crippen molar-refractivity contribution in [2.75, 3.05) is 19.7 Å². The van der Waals surface area contributed by atoms with E-state index in [1.165, 1.54) is 11.8 Å². The molecule has 1 fully saturated rings. The van der Waals surface area contributed by atoms with Crippen molar-refractivity contribution in [3.8, 4) is 16.9 Å². The zero-order valence-electron chi connectivity index (χ0n) is 19.5. The lowest BCUT2D eigenvalue weighted by Crippen LogP contribution is -2.45. The van der Waals surface area contributed by atoms with Crippen molar-refractivity contribution < 1.29 is 13.9 Å². The van der Waals surface area contributed by atoms with Gasteiger partial charge in [0.1, 0.15) is 17.6 Å². The molecule has 1 aliphatic heterocycles. The first-order valence-electron chi connectivity index (χ1n) is 11.9. The number of likely N-dealkylation sites (tertiary alicyclic amines) is 1. The van der Waals surface area contributed by atoms with Crippen molar-refractivity contribution in [3.63, 3.8) is 0 Å². The summed E-state index contributed by atoms with van der Waals surface area (Å²) in [4.78, 5) is 27.8. The number of benzene rings is 3. The lowest BCUT2D eigenvalue weighted by atomic mass is 10.0. The maximum atomic E-state index is 12.9. The van der Waals surface area contributed by atoms with E-state index in [1.54, 1.807) is 18.2 Å². The second-order valence-electron chi connectivity index (χ2n) is 8.89. The molecule has 1 amide bonds. The summed E-state index contributed by atoms with van der Waals surface area (Å²) in [5, 5.41) is 3.56. The molecule has 0 atom stereocenters. The number of nitrogens with zero attached hydrogens (tertiary/aromatic N) is 1. The van der Waals surface area contributed by atoms with E-state index in [0.29, 0.717) is 22.3 Å². The average molecular weight is 469 g/mol. The summed E-state index contributed by atoms with van der Waals surface area (Å²) in [6.45, 7) is 2.77. The van der Waals surface area contributed by atoms with Crippen LogP contribution in [0, 0.1) is 0 Å². The molecule has 3 aromatic carbocycles. The molecule has 0 radical (unpaired) electrons. The predicted molar refractivity (Wildman–Crippen MR) is 136 cm³/mol. The Morgan fingerprint density at radius 1 is 0.971 bits per heavy atom. The highest BCUT2D eigenvalue weighted by molar-refractivity contribution is 5.83. The van der Waals surface area contributed by atoms with Gasteiger partial charge < -0.3 is 14.5 Å². The second-order valence-corrected chi connectivity index (χ2v) is 8.89. The molecule has 0 bridgehead atoms. The maximum Gasteiger partial charge on any atom is 0.258 e. The van der Waals surface area contributed by atoms with E-state index < -0.39 is 0 Å². The number of hydrogen-bond acceptors (Lipinski definition) is 5. The third kappa shape index (κ3) is 5.61. The summed E-state index contributed by atoms with van der Waals surface area (Å²) in [5.74, 6) is 0.341. The molecular weight excluding hydrogens is 440 g/mol. The molecular formula is C29H28N2O4. The number of amides is 1. The first-order chi connectivity index (χ1) is 17.2. The number of hydrogen-bond donors (Lipinski definition) is 1. The zero-order chi connectivity index (χ0) is 24.0. The lowest BCUT2D eigenvalue weighted by Gasteiger charge is -2.32. The van der Waals surface area contributed by atoms with E-state index in [9.17, 15) is 9.59 Å². The maximum absolute atomic E-state index is 12.9. The Morgan fingerprint density at radius 3 is 2.43 bits per heavy atom. The summed E-state index contributed by atoms with van der Waals surface area (Å²) in [6.07, 6.45) is 3.31. The molecule has 0 aliphatic carbocycles. The van der Waals surface area contributed by atoms with Gasteiger partial charge in [0.25, 0.3) is 5.91 Å². The minimum Gasteiger partial charge on any atom is -0.484 e. The SMILES string of the molecule is O=C(COc1ccc2c(=O)c(-c3ccccc3)coc2c1)NC1CCN(Cc2ccccc2)CC1. The molecule has 1 aliphatic rings. The van der Waals surface area contributed by atoms with Crippen molar-refractivity contribution >= 4 is 16.9 Å². The van der Waals surface area contributed by atoms with Crippen LogP contribution < -0.4 is 15.5 Å². The van der Waals surface area contributed by atoms with Crippen LogP contribution in [0.1, 0.15) is 18.4 Å². The Hall–Kier alpha value is -3.90. The van der Waals surface area contributed by atoms with Gasteiger partial charge in [-0.2, -0.15) is 0 Å². The largest absolute Gasteiger partial charge is 0.484 e. The van der Waals surface area contributed by atoms with Crippen LogP contribution in [0.4, 0.5) is 0 Å². The van der Waals surface area contributed by atoms with Gasteiger partial charge in [0.05, 0.1) is 10.9 Å². The molecule has 6 heteroatoms. The number of rotatable bonds is 7. The van der Waals surface area contributed by atoms with Gasteiger partial charge in [-0.1, -0.05) is 60.7 Å². The standard InChI is InChI=1S/C29H28N2O4/c32-28(30-23-13-15-31(16-14-23)18-21-7-3-1-4-8-21)20-34-24-11-12-25-27(17-24)35-19-26(29(25)33)22-9-5-2-6-10-22/h1-12,17,19,23H,13-16,18,20H2,(H,30,32). The lowest BCUT2D eigenvalue weighted by molar-refractivity contribution is -0.124. The van der Waals surface area contributed by atoms with Gasteiger partial charge >= 0.3 is 0 Å². The highest BCUT2D eigenvalue weighted by Crippen LogP contribution is 2.23.